The van der Waals surface area contributed by atoms with Crippen molar-refractivity contribution in [2.75, 3.05) is 0 Å². The Hall–Kier alpha value is -0.920. The average Bonchev–Trinajstić information content (AvgIpc) is 2.19. The van der Waals surface area contributed by atoms with Gasteiger partial charge in [0.25, 0.3) is 0 Å². The molecule has 1 aliphatic carbocycles. The molecular formula is C12H14F3NO2S. The Labute approximate surface area is 114 Å². The van der Waals surface area contributed by atoms with Gasteiger partial charge in [-0.25, -0.2) is 0 Å². The van der Waals surface area contributed by atoms with Crippen LogP contribution in [-0.4, -0.2) is 18.5 Å². The van der Waals surface area contributed by atoms with Crippen LogP contribution in [0.3, 0.4) is 0 Å². The summed E-state index contributed by atoms with van der Waals surface area (Å²) < 4.78 is 45.8. The second-order valence-corrected chi connectivity index (χ2v) is 5.06. The van der Waals surface area contributed by atoms with E-state index in [0.717, 1.165) is 12.8 Å². The Morgan fingerprint density at radius 1 is 1.26 bits per heavy atom. The monoisotopic (exact) mass is 293 g/mol. The zero-order valence-electron chi connectivity index (χ0n) is 9.98. The first-order valence-electron chi connectivity index (χ1n) is 5.78. The Morgan fingerprint density at radius 3 is 2.53 bits per heavy atom. The molecule has 1 fully saturated rings. The van der Waals surface area contributed by atoms with Gasteiger partial charge in [0.15, 0.2) is 0 Å². The predicted molar refractivity (Wildman–Crippen MR) is 66.2 cm³/mol. The van der Waals surface area contributed by atoms with Gasteiger partial charge in [-0.3, -0.25) is 0 Å². The molecule has 0 bridgehead atoms. The van der Waals surface area contributed by atoms with E-state index in [1.54, 1.807) is 6.07 Å². The smallest absolute Gasteiger partial charge is 0.406 e. The molecule has 0 aromatic heterocycles. The molecule has 7 heteroatoms. The van der Waals surface area contributed by atoms with Crippen LogP contribution in [0.4, 0.5) is 13.2 Å². The van der Waals surface area contributed by atoms with Crippen LogP contribution in [0.25, 0.3) is 0 Å². The molecule has 1 aromatic carbocycles. The number of nitrogens with two attached hydrogens (primary N) is 1. The lowest BCUT2D eigenvalue weighted by molar-refractivity contribution is -0.274. The number of halogens is 3. The fraction of sp³-hybridized carbons (Fsp3) is 0.500. The van der Waals surface area contributed by atoms with E-state index < -0.39 is 6.36 Å². The highest BCUT2D eigenvalue weighted by atomic mass is 32.1. The van der Waals surface area contributed by atoms with Gasteiger partial charge in [0.05, 0.1) is 12.7 Å². The normalized spacial score (nSPS) is 23.0. The molecule has 2 rings (SSSR count). The molecule has 0 unspecified atom stereocenters. The van der Waals surface area contributed by atoms with Crippen LogP contribution < -0.4 is 10.5 Å². The summed E-state index contributed by atoms with van der Waals surface area (Å²) in [6.07, 6.45) is -3.05. The number of ether oxygens (including phenoxy) is 2. The number of hydrogen-bond donors (Lipinski definition) is 2. The maximum atomic E-state index is 12.1. The summed E-state index contributed by atoms with van der Waals surface area (Å²) >= 11 is 4.05. The van der Waals surface area contributed by atoms with E-state index in [2.05, 4.69) is 17.4 Å². The number of thiol groups is 1. The first-order chi connectivity index (χ1) is 8.82. The number of rotatable bonds is 4. The second-order valence-electron chi connectivity index (χ2n) is 4.55. The number of hydrogen-bond acceptors (Lipinski definition) is 4. The first-order valence-corrected chi connectivity index (χ1v) is 6.22. The van der Waals surface area contributed by atoms with Crippen LogP contribution in [0.5, 0.6) is 5.75 Å². The minimum Gasteiger partial charge on any atom is -0.406 e. The van der Waals surface area contributed by atoms with Crippen molar-refractivity contribution < 1.29 is 22.6 Å². The molecule has 0 heterocycles. The lowest BCUT2D eigenvalue weighted by Crippen LogP contribution is -2.41. The van der Waals surface area contributed by atoms with Gasteiger partial charge in [0.1, 0.15) is 5.75 Å². The standard InChI is InChI=1S/C12H14F3NO2S/c13-12(14,15)18-10-1-7(2-11(19)5-10)6-17-9-3-8(16)4-9/h1-2,5,8-9,19H,3-4,6,16H2. The predicted octanol–water partition coefficient (Wildman–Crippen LogP) is 2.88. The highest BCUT2D eigenvalue weighted by molar-refractivity contribution is 7.80. The highest BCUT2D eigenvalue weighted by Gasteiger charge is 2.31. The van der Waals surface area contributed by atoms with Gasteiger partial charge >= 0.3 is 6.36 Å². The molecule has 19 heavy (non-hydrogen) atoms. The maximum absolute atomic E-state index is 12.1. The maximum Gasteiger partial charge on any atom is 0.573 e. The largest absolute Gasteiger partial charge is 0.573 e. The van der Waals surface area contributed by atoms with E-state index in [-0.39, 0.29) is 24.5 Å². The summed E-state index contributed by atoms with van der Waals surface area (Å²) in [7, 11) is 0. The van der Waals surface area contributed by atoms with Gasteiger partial charge in [0, 0.05) is 10.9 Å². The topological polar surface area (TPSA) is 44.5 Å². The van der Waals surface area contributed by atoms with E-state index in [9.17, 15) is 13.2 Å². The quantitative estimate of drug-likeness (QED) is 0.839. The van der Waals surface area contributed by atoms with Crippen LogP contribution in [0.2, 0.25) is 0 Å². The van der Waals surface area contributed by atoms with Gasteiger partial charge in [-0.1, -0.05) is 0 Å². The Balaban J connectivity index is 1.96. The minimum absolute atomic E-state index is 0.0885. The molecule has 3 nitrogen and oxygen atoms in total. The summed E-state index contributed by atoms with van der Waals surface area (Å²) in [4.78, 5) is 0.394. The Morgan fingerprint density at radius 2 is 1.95 bits per heavy atom. The molecular weight excluding hydrogens is 279 g/mol. The second kappa shape index (κ2) is 5.60. The van der Waals surface area contributed by atoms with Crippen molar-refractivity contribution in [2.24, 2.45) is 5.73 Å². The van der Waals surface area contributed by atoms with E-state index in [1.807, 2.05) is 0 Å². The van der Waals surface area contributed by atoms with Crippen LogP contribution >= 0.6 is 12.6 Å². The van der Waals surface area contributed by atoms with E-state index in [0.29, 0.717) is 10.5 Å². The lowest BCUT2D eigenvalue weighted by atomic mass is 9.90. The molecule has 1 saturated carbocycles. The van der Waals surface area contributed by atoms with E-state index >= 15 is 0 Å². The highest BCUT2D eigenvalue weighted by Crippen LogP contribution is 2.28. The first kappa shape index (κ1) is 14.5. The Kier molecular flexibility index (Phi) is 4.27. The van der Waals surface area contributed by atoms with Crippen molar-refractivity contribution in [3.63, 3.8) is 0 Å². The molecule has 0 radical (unpaired) electrons. The molecule has 2 N–H and O–H groups in total. The van der Waals surface area contributed by atoms with Crippen molar-refractivity contribution >= 4 is 12.6 Å². The van der Waals surface area contributed by atoms with E-state index in [4.69, 9.17) is 10.5 Å². The molecule has 106 valence electrons. The summed E-state index contributed by atoms with van der Waals surface area (Å²) in [6.45, 7) is 0.222. The molecule has 0 spiro atoms. The van der Waals surface area contributed by atoms with Gasteiger partial charge in [-0.2, -0.15) is 0 Å². The number of benzene rings is 1. The third-order valence-electron chi connectivity index (χ3n) is 2.80. The number of alkyl halides is 3. The molecule has 0 saturated heterocycles. The molecule has 0 atom stereocenters. The van der Waals surface area contributed by atoms with Crippen molar-refractivity contribution in [1.29, 1.82) is 0 Å². The zero-order valence-corrected chi connectivity index (χ0v) is 10.9. The minimum atomic E-state index is -4.71. The summed E-state index contributed by atoms with van der Waals surface area (Å²) in [5.74, 6) is -0.288. The fourth-order valence-corrected chi connectivity index (χ4v) is 2.17. The molecule has 0 aliphatic heterocycles. The summed E-state index contributed by atoms with van der Waals surface area (Å²) in [5, 5.41) is 0. The molecule has 1 aliphatic rings. The van der Waals surface area contributed by atoms with Crippen molar-refractivity contribution in [3.05, 3.63) is 23.8 Å². The molecule has 0 amide bonds. The van der Waals surface area contributed by atoms with Crippen molar-refractivity contribution in [2.45, 2.75) is 42.9 Å². The lowest BCUT2D eigenvalue weighted by Gasteiger charge is -2.32. The SMILES string of the molecule is NC1CC(OCc2cc(S)cc(OC(F)(F)F)c2)C1. The van der Waals surface area contributed by atoms with Gasteiger partial charge in [-0.05, 0) is 36.6 Å². The third-order valence-corrected chi connectivity index (χ3v) is 3.06. The fourth-order valence-electron chi connectivity index (χ4n) is 1.88. The van der Waals surface area contributed by atoms with Crippen molar-refractivity contribution in [1.82, 2.24) is 0 Å². The van der Waals surface area contributed by atoms with Gasteiger partial charge in [-0.15, -0.1) is 25.8 Å². The molecule has 1 aromatic rings. The van der Waals surface area contributed by atoms with Crippen LogP contribution in [-0.2, 0) is 11.3 Å². The Bertz CT molecular complexity index is 447. The zero-order chi connectivity index (χ0) is 14.0. The van der Waals surface area contributed by atoms with Crippen LogP contribution in [0.15, 0.2) is 23.1 Å². The third kappa shape index (κ3) is 4.59. The van der Waals surface area contributed by atoms with Crippen molar-refractivity contribution in [3.8, 4) is 5.75 Å². The van der Waals surface area contributed by atoms with Gasteiger partial charge in [0.2, 0.25) is 0 Å². The summed E-state index contributed by atoms with van der Waals surface area (Å²) in [5.41, 5.74) is 6.21. The average molecular weight is 293 g/mol. The summed E-state index contributed by atoms with van der Waals surface area (Å²) in [6, 6.07) is 4.32. The van der Waals surface area contributed by atoms with E-state index in [1.165, 1.54) is 12.1 Å². The van der Waals surface area contributed by atoms with Crippen LogP contribution in [0, 0.1) is 0 Å². The van der Waals surface area contributed by atoms with Gasteiger partial charge < -0.3 is 15.2 Å². The van der Waals surface area contributed by atoms with Crippen LogP contribution in [0.1, 0.15) is 18.4 Å².